The van der Waals surface area contributed by atoms with E-state index in [-0.39, 0.29) is 6.61 Å². The Morgan fingerprint density at radius 1 is 1.50 bits per heavy atom. The summed E-state index contributed by atoms with van der Waals surface area (Å²) in [6, 6.07) is 0. The lowest BCUT2D eigenvalue weighted by molar-refractivity contribution is 0.134. The van der Waals surface area contributed by atoms with Crippen LogP contribution >= 0.6 is 0 Å². The molecule has 0 unspecified atom stereocenters. The van der Waals surface area contributed by atoms with Crippen molar-refractivity contribution in [2.75, 3.05) is 13.7 Å². The van der Waals surface area contributed by atoms with Gasteiger partial charge in [-0.1, -0.05) is 0 Å². The number of ether oxygens (including phenoxy) is 1. The fourth-order valence-corrected chi connectivity index (χ4v) is 0. The molecule has 8 heavy (non-hydrogen) atoms. The van der Waals surface area contributed by atoms with E-state index in [1.54, 1.807) is 14.0 Å². The molecule has 0 aliphatic heterocycles. The van der Waals surface area contributed by atoms with Crippen LogP contribution in [0.1, 0.15) is 20.8 Å². The maximum absolute atomic E-state index is 7.57. The quantitative estimate of drug-likeness (QED) is 0.560. The van der Waals surface area contributed by atoms with Crippen molar-refractivity contribution in [2.45, 2.75) is 26.9 Å². The minimum Gasteiger partial charge on any atom is -0.397 e. The van der Waals surface area contributed by atoms with Crippen molar-refractivity contribution in [3.05, 3.63) is 0 Å². The number of aliphatic hydroxyl groups is 1. The third kappa shape index (κ3) is 38.9. The van der Waals surface area contributed by atoms with Gasteiger partial charge in [0.15, 0.2) is 0 Å². The van der Waals surface area contributed by atoms with E-state index < -0.39 is 0 Å². The molecule has 0 aromatic rings. The van der Waals surface area contributed by atoms with E-state index in [0.717, 1.165) is 0 Å². The molecule has 2 heteroatoms. The number of rotatable bonds is 1. The lowest BCUT2D eigenvalue weighted by Crippen LogP contribution is -1.94. The molecular formula is C6H16O2. The molecule has 0 aliphatic carbocycles. The summed E-state index contributed by atoms with van der Waals surface area (Å²) < 4.78 is 4.75. The number of aliphatic hydroxyl groups excluding tert-OH is 1. The summed E-state index contributed by atoms with van der Waals surface area (Å²) in [7, 11) is 1.70. The summed E-state index contributed by atoms with van der Waals surface area (Å²) in [5, 5.41) is 7.57. The average molecular weight is 120 g/mol. The van der Waals surface area contributed by atoms with Gasteiger partial charge in [0, 0.05) is 13.7 Å². The zero-order chi connectivity index (χ0) is 6.99. The lowest BCUT2D eigenvalue weighted by atomic mass is 10.5. The standard InChI is InChI=1S/C4H10O.C2H6O/c1-4(2)5-3;1-2-3/h4H,1-3H3;3H,2H2,1H3. The van der Waals surface area contributed by atoms with Gasteiger partial charge in [-0.05, 0) is 20.8 Å². The van der Waals surface area contributed by atoms with Crippen LogP contribution in [-0.2, 0) is 4.74 Å². The molecule has 2 nitrogen and oxygen atoms in total. The maximum atomic E-state index is 7.57. The Bertz CT molecular complexity index is 27.7. The first-order valence-corrected chi connectivity index (χ1v) is 2.82. The molecule has 0 aromatic carbocycles. The molecule has 1 N–H and O–H groups in total. The fraction of sp³-hybridized carbons (Fsp3) is 1.00. The predicted molar refractivity (Wildman–Crippen MR) is 34.9 cm³/mol. The van der Waals surface area contributed by atoms with Crippen LogP contribution in [0.2, 0.25) is 0 Å². The van der Waals surface area contributed by atoms with Crippen LogP contribution < -0.4 is 0 Å². The Morgan fingerprint density at radius 2 is 1.62 bits per heavy atom. The zero-order valence-corrected chi connectivity index (χ0v) is 6.14. The largest absolute Gasteiger partial charge is 0.397 e. The Kier molecular flexibility index (Phi) is 13.6. The molecule has 0 aromatic heterocycles. The van der Waals surface area contributed by atoms with Crippen molar-refractivity contribution < 1.29 is 9.84 Å². The Balaban J connectivity index is 0. The minimum absolute atomic E-state index is 0.250. The molecule has 0 fully saturated rings. The molecule has 0 amide bonds. The van der Waals surface area contributed by atoms with Gasteiger partial charge >= 0.3 is 0 Å². The molecule has 0 radical (unpaired) electrons. The van der Waals surface area contributed by atoms with Crippen LogP contribution in [0, 0.1) is 0 Å². The Hall–Kier alpha value is -0.0800. The van der Waals surface area contributed by atoms with Crippen LogP contribution in [0.4, 0.5) is 0 Å². The molecule has 0 rings (SSSR count). The number of methoxy groups -OCH3 is 1. The van der Waals surface area contributed by atoms with E-state index in [4.69, 9.17) is 9.84 Å². The molecule has 0 saturated heterocycles. The molecule has 52 valence electrons. The van der Waals surface area contributed by atoms with Gasteiger partial charge < -0.3 is 9.84 Å². The molecule has 0 saturated carbocycles. The van der Waals surface area contributed by atoms with Gasteiger partial charge in [-0.2, -0.15) is 0 Å². The maximum Gasteiger partial charge on any atom is 0.0515 e. The highest BCUT2D eigenvalue weighted by atomic mass is 16.5. The van der Waals surface area contributed by atoms with Crippen LogP contribution in [-0.4, -0.2) is 24.9 Å². The normalized spacial score (nSPS) is 8.25. The van der Waals surface area contributed by atoms with Crippen LogP contribution in [0.25, 0.3) is 0 Å². The van der Waals surface area contributed by atoms with Crippen LogP contribution in [0.15, 0.2) is 0 Å². The average Bonchev–Trinajstić information content (AvgIpc) is 1.69. The van der Waals surface area contributed by atoms with E-state index in [9.17, 15) is 0 Å². The first-order valence-electron chi connectivity index (χ1n) is 2.82. The molecule has 0 atom stereocenters. The van der Waals surface area contributed by atoms with Crippen molar-refractivity contribution in [1.29, 1.82) is 0 Å². The summed E-state index contributed by atoms with van der Waals surface area (Å²) in [6.45, 7) is 5.93. The van der Waals surface area contributed by atoms with Gasteiger partial charge in [0.05, 0.1) is 6.10 Å². The van der Waals surface area contributed by atoms with E-state index in [0.29, 0.717) is 6.10 Å². The van der Waals surface area contributed by atoms with Crippen LogP contribution in [0.3, 0.4) is 0 Å². The van der Waals surface area contributed by atoms with Gasteiger partial charge in [0.25, 0.3) is 0 Å². The van der Waals surface area contributed by atoms with Gasteiger partial charge in [0.1, 0.15) is 0 Å². The van der Waals surface area contributed by atoms with Gasteiger partial charge in [0.2, 0.25) is 0 Å². The van der Waals surface area contributed by atoms with E-state index >= 15 is 0 Å². The van der Waals surface area contributed by atoms with Gasteiger partial charge in [-0.3, -0.25) is 0 Å². The third-order valence-corrected chi connectivity index (χ3v) is 0.471. The Morgan fingerprint density at radius 3 is 1.62 bits per heavy atom. The molecule has 0 bridgehead atoms. The summed E-state index contributed by atoms with van der Waals surface area (Å²) in [5.41, 5.74) is 0. The van der Waals surface area contributed by atoms with E-state index in [2.05, 4.69) is 0 Å². The lowest BCUT2D eigenvalue weighted by Gasteiger charge is -1.94. The van der Waals surface area contributed by atoms with Gasteiger partial charge in [-0.15, -0.1) is 0 Å². The van der Waals surface area contributed by atoms with Crippen molar-refractivity contribution in [3.8, 4) is 0 Å². The van der Waals surface area contributed by atoms with E-state index in [1.165, 1.54) is 0 Å². The second-order valence-electron chi connectivity index (χ2n) is 1.60. The molecule has 0 spiro atoms. The minimum atomic E-state index is 0.250. The summed E-state index contributed by atoms with van der Waals surface area (Å²) in [6.07, 6.45) is 0.384. The number of hydrogen-bond donors (Lipinski definition) is 1. The number of hydrogen-bond acceptors (Lipinski definition) is 2. The van der Waals surface area contributed by atoms with Crippen molar-refractivity contribution in [2.24, 2.45) is 0 Å². The fourth-order valence-electron chi connectivity index (χ4n) is 0. The second kappa shape index (κ2) is 10.0. The highest BCUT2D eigenvalue weighted by Crippen LogP contribution is 1.77. The third-order valence-electron chi connectivity index (χ3n) is 0.471. The predicted octanol–water partition coefficient (Wildman–Crippen LogP) is 1.04. The smallest absolute Gasteiger partial charge is 0.0515 e. The topological polar surface area (TPSA) is 29.5 Å². The van der Waals surface area contributed by atoms with Gasteiger partial charge in [-0.25, -0.2) is 0 Å². The van der Waals surface area contributed by atoms with Crippen molar-refractivity contribution >= 4 is 0 Å². The summed E-state index contributed by atoms with van der Waals surface area (Å²) in [4.78, 5) is 0. The second-order valence-corrected chi connectivity index (χ2v) is 1.60. The highest BCUT2D eigenvalue weighted by Gasteiger charge is 1.78. The monoisotopic (exact) mass is 120 g/mol. The SMILES string of the molecule is CCO.COC(C)C. The molecule has 0 heterocycles. The molecule has 0 aliphatic rings. The Labute approximate surface area is 51.5 Å². The summed E-state index contributed by atoms with van der Waals surface area (Å²) >= 11 is 0. The van der Waals surface area contributed by atoms with E-state index in [1.807, 2.05) is 13.8 Å². The highest BCUT2D eigenvalue weighted by molar-refractivity contribution is 4.27. The van der Waals surface area contributed by atoms with Crippen molar-refractivity contribution in [3.63, 3.8) is 0 Å². The molecular weight excluding hydrogens is 104 g/mol. The van der Waals surface area contributed by atoms with Crippen LogP contribution in [0.5, 0.6) is 0 Å². The first-order chi connectivity index (χ1) is 3.68. The first kappa shape index (κ1) is 10.8. The van der Waals surface area contributed by atoms with Crippen molar-refractivity contribution in [1.82, 2.24) is 0 Å². The summed E-state index contributed by atoms with van der Waals surface area (Å²) in [5.74, 6) is 0. The zero-order valence-electron chi connectivity index (χ0n) is 6.14.